The van der Waals surface area contributed by atoms with Gasteiger partial charge < -0.3 is 10.2 Å². The zero-order chi connectivity index (χ0) is 12.2. The highest BCUT2D eigenvalue weighted by Gasteiger charge is 2.23. The Morgan fingerprint density at radius 1 is 1.25 bits per heavy atom. The van der Waals surface area contributed by atoms with Crippen LogP contribution >= 0.6 is 0 Å². The first-order valence-corrected chi connectivity index (χ1v) is 6.77. The lowest BCUT2D eigenvalue weighted by molar-refractivity contribution is 0.208. The first kappa shape index (κ1) is 14.0. The maximum absolute atomic E-state index is 3.77. The molecule has 0 unspecified atom stereocenters. The van der Waals surface area contributed by atoms with Crippen LogP contribution in [0.2, 0.25) is 0 Å². The Bertz CT molecular complexity index is 199. The molecule has 1 fully saturated rings. The molecule has 1 aliphatic rings. The van der Waals surface area contributed by atoms with Crippen molar-refractivity contribution >= 4 is 0 Å². The van der Waals surface area contributed by atoms with Gasteiger partial charge in [-0.05, 0) is 38.3 Å². The minimum Gasteiger partial charge on any atom is -0.313 e. The normalized spacial score (nSPS) is 27.4. The third kappa shape index (κ3) is 5.31. The van der Waals surface area contributed by atoms with Crippen molar-refractivity contribution in [1.29, 1.82) is 0 Å². The van der Waals surface area contributed by atoms with Crippen LogP contribution in [0.3, 0.4) is 0 Å². The summed E-state index contributed by atoms with van der Waals surface area (Å²) in [7, 11) is 4.31. The quantitative estimate of drug-likeness (QED) is 0.775. The standard InChI is InChI=1S/C14H30N2/c1-12-7-6-8-13(9-12)15-10-14(2,3)11-16(4)5/h12-13,15H,6-11H2,1-5H3/t12-,13-/m1/s1. The van der Waals surface area contributed by atoms with Crippen LogP contribution in [0.5, 0.6) is 0 Å². The van der Waals surface area contributed by atoms with E-state index in [9.17, 15) is 0 Å². The molecule has 0 amide bonds. The van der Waals surface area contributed by atoms with Crippen molar-refractivity contribution in [1.82, 2.24) is 10.2 Å². The zero-order valence-electron chi connectivity index (χ0n) is 11.8. The second-order valence-corrected chi connectivity index (χ2v) is 6.75. The molecule has 0 aromatic rings. The van der Waals surface area contributed by atoms with Crippen molar-refractivity contribution in [2.75, 3.05) is 27.2 Å². The number of rotatable bonds is 5. The van der Waals surface area contributed by atoms with Gasteiger partial charge in [-0.3, -0.25) is 0 Å². The number of hydrogen-bond acceptors (Lipinski definition) is 2. The molecule has 0 aliphatic heterocycles. The van der Waals surface area contributed by atoms with E-state index in [4.69, 9.17) is 0 Å². The van der Waals surface area contributed by atoms with Crippen molar-refractivity contribution < 1.29 is 0 Å². The van der Waals surface area contributed by atoms with Crippen molar-refractivity contribution in [3.05, 3.63) is 0 Å². The van der Waals surface area contributed by atoms with E-state index < -0.39 is 0 Å². The Labute approximate surface area is 102 Å². The Kier molecular flexibility index (Phi) is 5.26. The second-order valence-electron chi connectivity index (χ2n) is 6.75. The van der Waals surface area contributed by atoms with Gasteiger partial charge in [-0.25, -0.2) is 0 Å². The molecule has 0 spiro atoms. The molecule has 0 heterocycles. The Balaban J connectivity index is 2.27. The van der Waals surface area contributed by atoms with Gasteiger partial charge in [0.05, 0.1) is 0 Å². The highest BCUT2D eigenvalue weighted by atomic mass is 15.1. The summed E-state index contributed by atoms with van der Waals surface area (Å²) in [5, 5.41) is 3.77. The van der Waals surface area contributed by atoms with Gasteiger partial charge in [0, 0.05) is 19.1 Å². The van der Waals surface area contributed by atoms with Crippen LogP contribution in [0.1, 0.15) is 46.5 Å². The molecule has 1 rings (SSSR count). The SMILES string of the molecule is C[C@@H]1CCC[C@@H](NCC(C)(C)CN(C)C)C1. The van der Waals surface area contributed by atoms with Gasteiger partial charge in [0.1, 0.15) is 0 Å². The van der Waals surface area contributed by atoms with Crippen LogP contribution in [-0.2, 0) is 0 Å². The van der Waals surface area contributed by atoms with Gasteiger partial charge in [0.15, 0.2) is 0 Å². The summed E-state index contributed by atoms with van der Waals surface area (Å²) >= 11 is 0. The largest absolute Gasteiger partial charge is 0.313 e. The minimum absolute atomic E-state index is 0.379. The van der Waals surface area contributed by atoms with E-state index >= 15 is 0 Å². The molecule has 2 heteroatoms. The van der Waals surface area contributed by atoms with Crippen molar-refractivity contribution in [2.24, 2.45) is 11.3 Å². The van der Waals surface area contributed by atoms with E-state index in [1.54, 1.807) is 0 Å². The molecular formula is C14H30N2. The molecule has 96 valence electrons. The Hall–Kier alpha value is -0.0800. The van der Waals surface area contributed by atoms with Crippen molar-refractivity contribution in [3.63, 3.8) is 0 Å². The van der Waals surface area contributed by atoms with E-state index in [-0.39, 0.29) is 0 Å². The molecule has 1 saturated carbocycles. The molecular weight excluding hydrogens is 196 g/mol. The highest BCUT2D eigenvalue weighted by Crippen LogP contribution is 2.24. The summed E-state index contributed by atoms with van der Waals surface area (Å²) in [6.45, 7) is 9.39. The average Bonchev–Trinajstić information content (AvgIpc) is 2.13. The van der Waals surface area contributed by atoms with Crippen molar-refractivity contribution in [2.45, 2.75) is 52.5 Å². The molecule has 2 atom stereocenters. The molecule has 0 bridgehead atoms. The molecule has 16 heavy (non-hydrogen) atoms. The topological polar surface area (TPSA) is 15.3 Å². The fourth-order valence-corrected chi connectivity index (χ4v) is 2.95. The Morgan fingerprint density at radius 2 is 1.94 bits per heavy atom. The highest BCUT2D eigenvalue weighted by molar-refractivity contribution is 4.80. The summed E-state index contributed by atoms with van der Waals surface area (Å²) in [4.78, 5) is 2.28. The van der Waals surface area contributed by atoms with Crippen LogP contribution in [0.4, 0.5) is 0 Å². The number of nitrogens with zero attached hydrogens (tertiary/aromatic N) is 1. The first-order valence-electron chi connectivity index (χ1n) is 6.77. The van der Waals surface area contributed by atoms with E-state index in [1.165, 1.54) is 25.7 Å². The summed E-state index contributed by atoms with van der Waals surface area (Å²) in [6.07, 6.45) is 5.59. The first-order chi connectivity index (χ1) is 7.39. The van der Waals surface area contributed by atoms with Crippen LogP contribution < -0.4 is 5.32 Å². The summed E-state index contributed by atoms with van der Waals surface area (Å²) in [6, 6.07) is 0.769. The second kappa shape index (κ2) is 6.02. The fourth-order valence-electron chi connectivity index (χ4n) is 2.95. The van der Waals surface area contributed by atoms with Gasteiger partial charge >= 0.3 is 0 Å². The van der Waals surface area contributed by atoms with Crippen LogP contribution in [0, 0.1) is 11.3 Å². The Morgan fingerprint density at radius 3 is 2.50 bits per heavy atom. The molecule has 1 N–H and O–H groups in total. The predicted octanol–water partition coefficient (Wildman–Crippen LogP) is 2.74. The van der Waals surface area contributed by atoms with E-state index in [2.05, 4.69) is 45.1 Å². The molecule has 0 aromatic heterocycles. The van der Waals surface area contributed by atoms with E-state index in [0.717, 1.165) is 25.0 Å². The van der Waals surface area contributed by atoms with Gasteiger partial charge in [0.25, 0.3) is 0 Å². The molecule has 2 nitrogen and oxygen atoms in total. The molecule has 0 saturated heterocycles. The lowest BCUT2D eigenvalue weighted by Crippen LogP contribution is -2.43. The summed E-state index contributed by atoms with van der Waals surface area (Å²) in [5.74, 6) is 0.920. The van der Waals surface area contributed by atoms with Gasteiger partial charge in [-0.2, -0.15) is 0 Å². The smallest absolute Gasteiger partial charge is 0.00698 e. The van der Waals surface area contributed by atoms with Crippen molar-refractivity contribution in [3.8, 4) is 0 Å². The molecule has 0 radical (unpaired) electrons. The summed E-state index contributed by atoms with van der Waals surface area (Å²) in [5.41, 5.74) is 0.379. The predicted molar refractivity (Wildman–Crippen MR) is 71.8 cm³/mol. The lowest BCUT2D eigenvalue weighted by Gasteiger charge is -2.33. The zero-order valence-corrected chi connectivity index (χ0v) is 11.8. The monoisotopic (exact) mass is 226 g/mol. The van der Waals surface area contributed by atoms with Crippen LogP contribution in [0.15, 0.2) is 0 Å². The molecule has 0 aromatic carbocycles. The number of hydrogen-bond donors (Lipinski definition) is 1. The molecule has 1 aliphatic carbocycles. The van der Waals surface area contributed by atoms with Gasteiger partial charge in [0.2, 0.25) is 0 Å². The van der Waals surface area contributed by atoms with Gasteiger partial charge in [-0.1, -0.05) is 33.6 Å². The van der Waals surface area contributed by atoms with E-state index in [0.29, 0.717) is 5.41 Å². The number of nitrogens with one attached hydrogen (secondary N) is 1. The van der Waals surface area contributed by atoms with Crippen LogP contribution in [0.25, 0.3) is 0 Å². The third-order valence-corrected chi connectivity index (χ3v) is 3.55. The maximum Gasteiger partial charge on any atom is 0.00698 e. The van der Waals surface area contributed by atoms with Gasteiger partial charge in [-0.15, -0.1) is 0 Å². The third-order valence-electron chi connectivity index (χ3n) is 3.55. The minimum atomic E-state index is 0.379. The maximum atomic E-state index is 3.77. The fraction of sp³-hybridized carbons (Fsp3) is 1.00. The van der Waals surface area contributed by atoms with E-state index in [1.807, 2.05) is 0 Å². The average molecular weight is 226 g/mol. The lowest BCUT2D eigenvalue weighted by atomic mass is 9.86. The summed E-state index contributed by atoms with van der Waals surface area (Å²) < 4.78 is 0. The van der Waals surface area contributed by atoms with Crippen LogP contribution in [-0.4, -0.2) is 38.1 Å².